The maximum absolute atomic E-state index is 13.1. The van der Waals surface area contributed by atoms with E-state index in [0.29, 0.717) is 50.0 Å². The summed E-state index contributed by atoms with van der Waals surface area (Å²) in [5.74, 6) is 0.847. The molecule has 0 atom stereocenters. The summed E-state index contributed by atoms with van der Waals surface area (Å²) in [5.41, 5.74) is 6.13. The second-order valence-electron chi connectivity index (χ2n) is 11.6. The first-order valence-corrected chi connectivity index (χ1v) is 16.2. The number of halogens is 3. The average Bonchev–Trinajstić information content (AvgIpc) is 3.33. The second-order valence-corrected chi connectivity index (χ2v) is 12.6. The van der Waals surface area contributed by atoms with Crippen LogP contribution < -0.4 is 4.90 Å². The zero-order valence-corrected chi connectivity index (χ0v) is 26.2. The van der Waals surface area contributed by atoms with E-state index in [-0.39, 0.29) is 5.91 Å². The monoisotopic (exact) mass is 632 g/mol. The Morgan fingerprint density at radius 2 is 1.64 bits per heavy atom. The molecule has 3 aromatic carbocycles. The quantitative estimate of drug-likeness (QED) is 0.126. The van der Waals surface area contributed by atoms with Crippen LogP contribution in [0.25, 0.3) is 22.1 Å². The molecule has 1 amide bonds. The van der Waals surface area contributed by atoms with Gasteiger partial charge in [0.1, 0.15) is 5.52 Å². The number of aryl methyl sites for hydroxylation is 2. The number of carbonyl (C=O) groups excluding carboxylic acids is 1. The Morgan fingerprint density at radius 1 is 0.889 bits per heavy atom. The highest BCUT2D eigenvalue weighted by molar-refractivity contribution is 7.99. The Hall–Kier alpha value is -4.12. The van der Waals surface area contributed by atoms with Crippen molar-refractivity contribution in [2.24, 2.45) is 0 Å². The van der Waals surface area contributed by atoms with E-state index in [0.717, 1.165) is 52.3 Å². The predicted octanol–water partition coefficient (Wildman–Crippen LogP) is 7.27. The number of carbonyl (C=O) groups is 1. The Morgan fingerprint density at radius 3 is 2.40 bits per heavy atom. The van der Waals surface area contributed by atoms with Gasteiger partial charge in [-0.2, -0.15) is 13.2 Å². The van der Waals surface area contributed by atoms with Gasteiger partial charge in [0.2, 0.25) is 11.1 Å². The van der Waals surface area contributed by atoms with Crippen molar-refractivity contribution in [3.8, 4) is 0 Å². The van der Waals surface area contributed by atoms with Gasteiger partial charge in [-0.1, -0.05) is 59.3 Å². The van der Waals surface area contributed by atoms with Crippen LogP contribution in [0.2, 0.25) is 0 Å². The minimum absolute atomic E-state index is 0.0824. The highest BCUT2D eigenvalue weighted by Crippen LogP contribution is 2.32. The molecule has 45 heavy (non-hydrogen) atoms. The summed E-state index contributed by atoms with van der Waals surface area (Å²) < 4.78 is 41.5. The van der Waals surface area contributed by atoms with Crippen molar-refractivity contribution in [3.05, 3.63) is 89.0 Å². The second kappa shape index (κ2) is 13.1. The lowest BCUT2D eigenvalue weighted by Crippen LogP contribution is -2.48. The zero-order chi connectivity index (χ0) is 31.6. The van der Waals surface area contributed by atoms with Crippen molar-refractivity contribution >= 4 is 45.4 Å². The first-order chi connectivity index (χ1) is 21.7. The summed E-state index contributed by atoms with van der Waals surface area (Å²) in [7, 11) is 0. The third kappa shape index (κ3) is 7.08. The molecule has 1 aliphatic heterocycles. The molecular weight excluding hydrogens is 597 g/mol. The van der Waals surface area contributed by atoms with Crippen LogP contribution in [-0.2, 0) is 17.5 Å². The molecule has 3 heterocycles. The largest absolute Gasteiger partial charge is 0.416 e. The number of nitrogens with zero attached hydrogens (tertiary/aromatic N) is 6. The Kier molecular flexibility index (Phi) is 8.98. The van der Waals surface area contributed by atoms with Crippen molar-refractivity contribution < 1.29 is 18.0 Å². The molecule has 234 valence electrons. The first kappa shape index (κ1) is 30.9. The van der Waals surface area contributed by atoms with Gasteiger partial charge < -0.3 is 14.4 Å². The standard InChI is InChI=1S/C34H35F3N6OS/c1-23-9-12-25(13-10-23)22-43-29-14-11-24(2)20-28(29)31-32(43)38-33(40-39-31)45-19-4-3-8-30(44)42-17-15-41(16-18-42)27-7-5-6-26(21-27)34(35,36)37/h5-7,9-14,20-21H,3-4,8,15-19,22H2,1-2H3. The molecule has 0 saturated carbocycles. The van der Waals surface area contributed by atoms with Crippen molar-refractivity contribution in [3.63, 3.8) is 0 Å². The molecule has 11 heteroatoms. The van der Waals surface area contributed by atoms with Crippen LogP contribution in [0.1, 0.15) is 41.5 Å². The molecule has 0 bridgehead atoms. The maximum atomic E-state index is 13.1. The molecule has 2 aromatic heterocycles. The fourth-order valence-electron chi connectivity index (χ4n) is 5.75. The van der Waals surface area contributed by atoms with Crippen LogP contribution in [0.15, 0.2) is 71.9 Å². The number of thioether (sulfide) groups is 1. The minimum atomic E-state index is -4.37. The number of hydrogen-bond acceptors (Lipinski definition) is 6. The first-order valence-electron chi connectivity index (χ1n) is 15.2. The molecule has 5 aromatic rings. The number of aromatic nitrogens is 4. The zero-order valence-electron chi connectivity index (χ0n) is 25.3. The molecule has 0 spiro atoms. The van der Waals surface area contributed by atoms with Crippen LogP contribution in [0, 0.1) is 13.8 Å². The summed E-state index contributed by atoms with van der Waals surface area (Å²) in [6.45, 7) is 6.85. The Balaban J connectivity index is 1.02. The van der Waals surface area contributed by atoms with E-state index < -0.39 is 11.7 Å². The number of fused-ring (bicyclic) bond motifs is 3. The fraction of sp³-hybridized carbons (Fsp3) is 0.353. The molecule has 0 radical (unpaired) electrons. The van der Waals surface area contributed by atoms with Crippen molar-refractivity contribution in [1.82, 2.24) is 24.6 Å². The molecule has 1 saturated heterocycles. The summed E-state index contributed by atoms with van der Waals surface area (Å²) in [4.78, 5) is 21.5. The number of amides is 1. The number of piperazine rings is 1. The van der Waals surface area contributed by atoms with Crippen LogP contribution in [0.3, 0.4) is 0 Å². The van der Waals surface area contributed by atoms with Gasteiger partial charge >= 0.3 is 6.18 Å². The number of benzene rings is 3. The van der Waals surface area contributed by atoms with Gasteiger partial charge in [0.25, 0.3) is 0 Å². The SMILES string of the molecule is Cc1ccc(Cn2c3ccc(C)cc3c3nnc(SCCCCC(=O)N4CCN(c5cccc(C(F)(F)F)c5)CC4)nc32)cc1. The van der Waals surface area contributed by atoms with Gasteiger partial charge in [0.15, 0.2) is 5.65 Å². The Bertz CT molecular complexity index is 1810. The molecule has 0 aliphatic carbocycles. The van der Waals surface area contributed by atoms with Crippen molar-refractivity contribution in [2.75, 3.05) is 36.8 Å². The van der Waals surface area contributed by atoms with Gasteiger partial charge in [0, 0.05) is 56.0 Å². The lowest BCUT2D eigenvalue weighted by atomic mass is 10.1. The van der Waals surface area contributed by atoms with Gasteiger partial charge in [-0.25, -0.2) is 4.98 Å². The maximum Gasteiger partial charge on any atom is 0.416 e. The van der Waals surface area contributed by atoms with E-state index in [1.807, 2.05) is 9.80 Å². The van der Waals surface area contributed by atoms with E-state index >= 15 is 0 Å². The predicted molar refractivity (Wildman–Crippen MR) is 173 cm³/mol. The third-order valence-electron chi connectivity index (χ3n) is 8.25. The van der Waals surface area contributed by atoms with Crippen LogP contribution >= 0.6 is 11.8 Å². The van der Waals surface area contributed by atoms with E-state index in [2.05, 4.69) is 71.1 Å². The van der Waals surface area contributed by atoms with Gasteiger partial charge in [0.05, 0.1) is 11.1 Å². The number of hydrogen-bond donors (Lipinski definition) is 0. The number of alkyl halides is 3. The molecule has 0 unspecified atom stereocenters. The Labute approximate surface area is 264 Å². The van der Waals surface area contributed by atoms with E-state index in [1.54, 1.807) is 17.8 Å². The van der Waals surface area contributed by atoms with Crippen molar-refractivity contribution in [1.29, 1.82) is 0 Å². The number of unbranched alkanes of at least 4 members (excludes halogenated alkanes) is 1. The third-order valence-corrected chi connectivity index (χ3v) is 9.17. The topological polar surface area (TPSA) is 67.2 Å². The molecule has 1 fully saturated rings. The van der Waals surface area contributed by atoms with Gasteiger partial charge in [-0.15, -0.1) is 10.2 Å². The van der Waals surface area contributed by atoms with Crippen LogP contribution in [-0.4, -0.2) is 62.5 Å². The number of rotatable bonds is 9. The lowest BCUT2D eigenvalue weighted by Gasteiger charge is -2.36. The summed E-state index contributed by atoms with van der Waals surface area (Å²) in [5, 5.41) is 10.7. The number of anilines is 1. The summed E-state index contributed by atoms with van der Waals surface area (Å²) in [6.07, 6.45) is -2.37. The highest BCUT2D eigenvalue weighted by atomic mass is 32.2. The molecule has 6 rings (SSSR count). The van der Waals surface area contributed by atoms with E-state index in [1.165, 1.54) is 23.3 Å². The lowest BCUT2D eigenvalue weighted by molar-refractivity contribution is -0.137. The van der Waals surface area contributed by atoms with E-state index in [9.17, 15) is 18.0 Å². The average molecular weight is 633 g/mol. The van der Waals surface area contributed by atoms with Crippen LogP contribution in [0.4, 0.5) is 18.9 Å². The normalized spacial score (nSPS) is 14.1. The molecular formula is C34H35F3N6OS. The fourth-order valence-corrected chi connectivity index (χ4v) is 6.53. The molecule has 7 nitrogen and oxygen atoms in total. The minimum Gasteiger partial charge on any atom is -0.368 e. The van der Waals surface area contributed by atoms with E-state index in [4.69, 9.17) is 4.98 Å². The molecule has 0 N–H and O–H groups in total. The summed E-state index contributed by atoms with van der Waals surface area (Å²) in [6, 6.07) is 20.3. The van der Waals surface area contributed by atoms with Gasteiger partial charge in [-0.3, -0.25) is 4.79 Å². The smallest absolute Gasteiger partial charge is 0.368 e. The highest BCUT2D eigenvalue weighted by Gasteiger charge is 2.31. The molecule has 1 aliphatic rings. The van der Waals surface area contributed by atoms with Crippen molar-refractivity contribution in [2.45, 2.75) is 51.0 Å². The van der Waals surface area contributed by atoms with Crippen LogP contribution in [0.5, 0.6) is 0 Å². The summed E-state index contributed by atoms with van der Waals surface area (Å²) >= 11 is 1.54. The van der Waals surface area contributed by atoms with Gasteiger partial charge in [-0.05, 0) is 62.6 Å².